The van der Waals surface area contributed by atoms with Gasteiger partial charge in [0.1, 0.15) is 11.4 Å². The molecule has 0 radical (unpaired) electrons. The lowest BCUT2D eigenvalue weighted by Crippen LogP contribution is -2.15. The van der Waals surface area contributed by atoms with Crippen LogP contribution in [0.5, 0.6) is 0 Å². The highest BCUT2D eigenvalue weighted by molar-refractivity contribution is 7.99. The number of carbonyl (C=O) groups is 2. The van der Waals surface area contributed by atoms with Crippen LogP contribution in [0.2, 0.25) is 10.0 Å². The highest BCUT2D eigenvalue weighted by atomic mass is 35.5. The van der Waals surface area contributed by atoms with Crippen molar-refractivity contribution in [3.8, 4) is 0 Å². The van der Waals surface area contributed by atoms with E-state index in [1.54, 1.807) is 25.1 Å². The summed E-state index contributed by atoms with van der Waals surface area (Å²) in [6.45, 7) is 1.91. The van der Waals surface area contributed by atoms with Crippen LogP contribution in [-0.4, -0.2) is 34.2 Å². The molecule has 10 heteroatoms. The molecule has 1 amide bonds. The Morgan fingerprint density at radius 2 is 2.08 bits per heavy atom. The summed E-state index contributed by atoms with van der Waals surface area (Å²) in [6.07, 6.45) is 1.28. The zero-order valence-corrected chi connectivity index (χ0v) is 15.4. The average molecular weight is 401 g/mol. The van der Waals surface area contributed by atoms with Crippen molar-refractivity contribution >= 4 is 58.3 Å². The molecule has 2 aromatic rings. The number of nitrogen functional groups attached to an aromatic ring is 1. The number of aromatic nitrogens is 2. The fourth-order valence-corrected chi connectivity index (χ4v) is 2.64. The summed E-state index contributed by atoms with van der Waals surface area (Å²) in [4.78, 5) is 31.6. The molecule has 1 aromatic carbocycles. The minimum Gasteiger partial charge on any atom is -0.462 e. The van der Waals surface area contributed by atoms with Gasteiger partial charge in [0.05, 0.1) is 22.4 Å². The Kier molecular flexibility index (Phi) is 6.86. The average Bonchev–Trinajstić information content (AvgIpc) is 2.56. The number of nitrogens with two attached hydrogens (primary N) is 1. The standard InChI is InChI=1S/C15H14Cl2N4O3S/c1-2-24-14(23)9-6-19-15(21-13(9)18)25-7-12(22)20-8-3-4-10(16)11(17)5-8/h3-6H,2,7H2,1H3,(H,20,22)(H2,18,19,21). The van der Waals surface area contributed by atoms with Crippen LogP contribution >= 0.6 is 35.0 Å². The van der Waals surface area contributed by atoms with Gasteiger partial charge in [-0.15, -0.1) is 0 Å². The summed E-state index contributed by atoms with van der Waals surface area (Å²) in [7, 11) is 0. The molecule has 25 heavy (non-hydrogen) atoms. The SMILES string of the molecule is CCOC(=O)c1cnc(SCC(=O)Nc2ccc(Cl)c(Cl)c2)nc1N. The van der Waals surface area contributed by atoms with Gasteiger partial charge in [-0.25, -0.2) is 14.8 Å². The lowest BCUT2D eigenvalue weighted by atomic mass is 10.3. The number of benzene rings is 1. The number of ether oxygens (including phenoxy) is 1. The summed E-state index contributed by atoms with van der Waals surface area (Å²) in [6, 6.07) is 4.78. The molecule has 1 heterocycles. The van der Waals surface area contributed by atoms with Gasteiger partial charge >= 0.3 is 5.97 Å². The summed E-state index contributed by atoms with van der Waals surface area (Å²) < 4.78 is 4.84. The predicted octanol–water partition coefficient (Wildman–Crippen LogP) is 3.27. The number of thioether (sulfide) groups is 1. The number of amides is 1. The molecule has 2 rings (SSSR count). The molecule has 0 aliphatic rings. The first kappa shape index (κ1) is 19.3. The number of esters is 1. The molecule has 0 fully saturated rings. The Morgan fingerprint density at radius 3 is 2.72 bits per heavy atom. The first-order valence-electron chi connectivity index (χ1n) is 7.08. The number of nitrogens with one attached hydrogen (secondary N) is 1. The van der Waals surface area contributed by atoms with Crippen LogP contribution in [-0.2, 0) is 9.53 Å². The van der Waals surface area contributed by atoms with E-state index in [-0.39, 0.29) is 34.8 Å². The minimum atomic E-state index is -0.589. The van der Waals surface area contributed by atoms with E-state index in [9.17, 15) is 9.59 Å². The third kappa shape index (κ3) is 5.48. The molecular weight excluding hydrogens is 387 g/mol. The highest BCUT2D eigenvalue weighted by Gasteiger charge is 2.14. The third-order valence-electron chi connectivity index (χ3n) is 2.83. The van der Waals surface area contributed by atoms with E-state index in [2.05, 4.69) is 15.3 Å². The van der Waals surface area contributed by atoms with Gasteiger partial charge in [-0.1, -0.05) is 35.0 Å². The molecule has 132 valence electrons. The zero-order valence-electron chi connectivity index (χ0n) is 13.1. The number of rotatable bonds is 6. The van der Waals surface area contributed by atoms with E-state index in [1.807, 2.05) is 0 Å². The summed E-state index contributed by atoms with van der Waals surface area (Å²) in [5.74, 6) is -0.812. The summed E-state index contributed by atoms with van der Waals surface area (Å²) >= 11 is 12.8. The van der Waals surface area contributed by atoms with Crippen molar-refractivity contribution in [1.29, 1.82) is 0 Å². The Bertz CT molecular complexity index is 804. The Labute approximate surface area is 158 Å². The van der Waals surface area contributed by atoms with E-state index in [1.165, 1.54) is 6.20 Å². The molecule has 0 spiro atoms. The molecule has 0 saturated carbocycles. The largest absolute Gasteiger partial charge is 0.462 e. The van der Waals surface area contributed by atoms with Crippen molar-refractivity contribution in [2.45, 2.75) is 12.1 Å². The second-order valence-electron chi connectivity index (χ2n) is 4.64. The maximum atomic E-state index is 12.0. The molecular formula is C15H14Cl2N4O3S. The van der Waals surface area contributed by atoms with Gasteiger partial charge in [0.2, 0.25) is 5.91 Å². The monoisotopic (exact) mass is 400 g/mol. The van der Waals surface area contributed by atoms with Crippen LogP contribution in [0.4, 0.5) is 11.5 Å². The molecule has 0 aliphatic carbocycles. The number of hydrogen-bond donors (Lipinski definition) is 2. The van der Waals surface area contributed by atoms with Crippen molar-refractivity contribution in [2.24, 2.45) is 0 Å². The quantitative estimate of drug-likeness (QED) is 0.435. The molecule has 0 bridgehead atoms. The van der Waals surface area contributed by atoms with Gasteiger partial charge in [0.15, 0.2) is 5.16 Å². The molecule has 3 N–H and O–H groups in total. The lowest BCUT2D eigenvalue weighted by molar-refractivity contribution is -0.113. The van der Waals surface area contributed by atoms with E-state index in [0.29, 0.717) is 15.7 Å². The van der Waals surface area contributed by atoms with Crippen molar-refractivity contribution in [1.82, 2.24) is 9.97 Å². The van der Waals surface area contributed by atoms with E-state index in [0.717, 1.165) is 11.8 Å². The van der Waals surface area contributed by atoms with Gasteiger partial charge in [0.25, 0.3) is 0 Å². The molecule has 0 unspecified atom stereocenters. The number of halogens is 2. The molecule has 1 aromatic heterocycles. The van der Waals surface area contributed by atoms with Crippen LogP contribution in [0, 0.1) is 0 Å². The first-order valence-corrected chi connectivity index (χ1v) is 8.82. The van der Waals surface area contributed by atoms with Crippen molar-refractivity contribution in [2.75, 3.05) is 23.4 Å². The topological polar surface area (TPSA) is 107 Å². The fraction of sp³-hybridized carbons (Fsp3) is 0.200. The third-order valence-corrected chi connectivity index (χ3v) is 4.43. The Hall–Kier alpha value is -2.03. The van der Waals surface area contributed by atoms with Gasteiger partial charge in [-0.05, 0) is 25.1 Å². The summed E-state index contributed by atoms with van der Waals surface area (Å²) in [5, 5.41) is 3.70. The zero-order chi connectivity index (χ0) is 18.4. The predicted molar refractivity (Wildman–Crippen MR) is 98.2 cm³/mol. The Morgan fingerprint density at radius 1 is 1.32 bits per heavy atom. The number of hydrogen-bond acceptors (Lipinski definition) is 7. The second-order valence-corrected chi connectivity index (χ2v) is 6.39. The molecule has 7 nitrogen and oxygen atoms in total. The van der Waals surface area contributed by atoms with Crippen LogP contribution in [0.1, 0.15) is 17.3 Å². The maximum absolute atomic E-state index is 12.0. The van der Waals surface area contributed by atoms with Gasteiger partial charge in [-0.3, -0.25) is 4.79 Å². The van der Waals surface area contributed by atoms with Crippen LogP contribution in [0.25, 0.3) is 0 Å². The molecule has 0 saturated heterocycles. The normalized spacial score (nSPS) is 10.4. The van der Waals surface area contributed by atoms with Gasteiger partial charge in [0, 0.05) is 11.9 Å². The van der Waals surface area contributed by atoms with E-state index >= 15 is 0 Å². The van der Waals surface area contributed by atoms with Crippen molar-refractivity contribution < 1.29 is 14.3 Å². The van der Waals surface area contributed by atoms with Crippen LogP contribution in [0.3, 0.4) is 0 Å². The van der Waals surface area contributed by atoms with E-state index in [4.69, 9.17) is 33.7 Å². The number of nitrogens with zero attached hydrogens (tertiary/aromatic N) is 2. The van der Waals surface area contributed by atoms with Gasteiger partial charge < -0.3 is 15.8 Å². The molecule has 0 aliphatic heterocycles. The van der Waals surface area contributed by atoms with Crippen molar-refractivity contribution in [3.63, 3.8) is 0 Å². The summed E-state index contributed by atoms with van der Waals surface area (Å²) in [5.41, 5.74) is 6.34. The first-order chi connectivity index (χ1) is 11.9. The van der Waals surface area contributed by atoms with Crippen LogP contribution in [0.15, 0.2) is 29.6 Å². The maximum Gasteiger partial charge on any atom is 0.343 e. The molecule has 0 atom stereocenters. The smallest absolute Gasteiger partial charge is 0.343 e. The number of carbonyl (C=O) groups excluding carboxylic acids is 2. The van der Waals surface area contributed by atoms with E-state index < -0.39 is 5.97 Å². The van der Waals surface area contributed by atoms with Crippen LogP contribution < -0.4 is 11.1 Å². The lowest BCUT2D eigenvalue weighted by Gasteiger charge is -2.07. The van der Waals surface area contributed by atoms with Crippen molar-refractivity contribution in [3.05, 3.63) is 40.0 Å². The fourth-order valence-electron chi connectivity index (χ4n) is 1.71. The second kappa shape index (κ2) is 8.89. The Balaban J connectivity index is 1.94. The van der Waals surface area contributed by atoms with Gasteiger partial charge in [-0.2, -0.15) is 0 Å². The highest BCUT2D eigenvalue weighted by Crippen LogP contribution is 2.25. The number of anilines is 2. The minimum absolute atomic E-state index is 0.000779.